The number of ether oxygens (including phenoxy) is 1. The van der Waals surface area contributed by atoms with E-state index in [0.29, 0.717) is 30.6 Å². The second-order valence-corrected chi connectivity index (χ2v) is 5.28. The Bertz CT molecular complexity index is 574. The molecule has 0 aromatic heterocycles. The van der Waals surface area contributed by atoms with Crippen LogP contribution in [-0.4, -0.2) is 34.7 Å². The molecule has 0 heterocycles. The van der Waals surface area contributed by atoms with Crippen LogP contribution in [0.3, 0.4) is 0 Å². The van der Waals surface area contributed by atoms with Crippen molar-refractivity contribution in [2.24, 2.45) is 0 Å². The van der Waals surface area contributed by atoms with Crippen LogP contribution < -0.4 is 10.1 Å². The number of hydrogen-bond acceptors (Lipinski definition) is 5. The molecular formula is C14H18N2O5. The van der Waals surface area contributed by atoms with Crippen LogP contribution in [0.25, 0.3) is 0 Å². The zero-order valence-electron chi connectivity index (χ0n) is 12.0. The average Bonchev–Trinajstić information content (AvgIpc) is 2.85. The number of rotatable bonds is 5. The molecule has 1 aliphatic carbocycles. The van der Waals surface area contributed by atoms with Crippen molar-refractivity contribution in [2.75, 3.05) is 7.05 Å². The van der Waals surface area contributed by atoms with Crippen molar-refractivity contribution in [1.29, 1.82) is 0 Å². The Morgan fingerprint density at radius 1 is 1.57 bits per heavy atom. The van der Waals surface area contributed by atoms with Gasteiger partial charge in [0.25, 0.3) is 5.69 Å². The van der Waals surface area contributed by atoms with Crippen molar-refractivity contribution in [3.8, 4) is 5.75 Å². The number of nitrogens with one attached hydrogen (secondary N) is 1. The lowest BCUT2D eigenvalue weighted by molar-refractivity contribution is -0.385. The van der Waals surface area contributed by atoms with Gasteiger partial charge in [0, 0.05) is 12.5 Å². The molecule has 7 heteroatoms. The Labute approximate surface area is 122 Å². The van der Waals surface area contributed by atoms with E-state index in [-0.39, 0.29) is 11.8 Å². The monoisotopic (exact) mass is 294 g/mol. The van der Waals surface area contributed by atoms with E-state index in [1.54, 1.807) is 26.1 Å². The Kier molecular flexibility index (Phi) is 4.13. The quantitative estimate of drug-likeness (QED) is 0.635. The highest BCUT2D eigenvalue weighted by Gasteiger charge is 2.45. The van der Waals surface area contributed by atoms with Crippen molar-refractivity contribution in [2.45, 2.75) is 37.8 Å². The first-order valence-corrected chi connectivity index (χ1v) is 6.72. The number of carboxylic acid groups (broad SMARTS) is 1. The highest BCUT2D eigenvalue weighted by atomic mass is 16.6. The fraction of sp³-hybridized carbons (Fsp3) is 0.500. The van der Waals surface area contributed by atoms with Crippen molar-refractivity contribution in [1.82, 2.24) is 5.32 Å². The van der Waals surface area contributed by atoms with E-state index >= 15 is 0 Å². The van der Waals surface area contributed by atoms with Crippen LogP contribution >= 0.6 is 0 Å². The lowest BCUT2D eigenvalue weighted by atomic mass is 9.98. The van der Waals surface area contributed by atoms with E-state index in [2.05, 4.69) is 5.32 Å². The van der Waals surface area contributed by atoms with Gasteiger partial charge in [-0.25, -0.2) is 0 Å². The molecule has 1 aliphatic rings. The van der Waals surface area contributed by atoms with E-state index in [1.807, 2.05) is 0 Å². The van der Waals surface area contributed by atoms with Gasteiger partial charge in [-0.3, -0.25) is 14.9 Å². The van der Waals surface area contributed by atoms with Crippen molar-refractivity contribution >= 4 is 11.7 Å². The van der Waals surface area contributed by atoms with Crippen molar-refractivity contribution in [3.63, 3.8) is 0 Å². The fourth-order valence-corrected chi connectivity index (χ4v) is 2.74. The number of aliphatic carboxylic acids is 1. The molecule has 1 fully saturated rings. The topological polar surface area (TPSA) is 102 Å². The highest BCUT2D eigenvalue weighted by Crippen LogP contribution is 2.35. The summed E-state index contributed by atoms with van der Waals surface area (Å²) in [5.74, 6) is -0.460. The highest BCUT2D eigenvalue weighted by molar-refractivity contribution is 5.79. The molecule has 0 spiro atoms. The van der Waals surface area contributed by atoms with Crippen LogP contribution in [0.5, 0.6) is 5.75 Å². The van der Waals surface area contributed by atoms with Gasteiger partial charge >= 0.3 is 5.97 Å². The summed E-state index contributed by atoms with van der Waals surface area (Å²) in [6.45, 7) is 1.63. The third kappa shape index (κ3) is 2.82. The molecule has 1 saturated carbocycles. The molecule has 1 aromatic rings. The first-order chi connectivity index (χ1) is 9.89. The Morgan fingerprint density at radius 3 is 2.81 bits per heavy atom. The van der Waals surface area contributed by atoms with Crippen LogP contribution in [0.2, 0.25) is 0 Å². The van der Waals surface area contributed by atoms with Crippen LogP contribution in [0.4, 0.5) is 5.69 Å². The summed E-state index contributed by atoms with van der Waals surface area (Å²) in [7, 11) is 1.62. The molecule has 0 bridgehead atoms. The average molecular weight is 294 g/mol. The molecule has 0 amide bonds. The normalized spacial score (nSPS) is 24.8. The molecule has 2 unspecified atom stereocenters. The number of carboxylic acids is 1. The lowest BCUT2D eigenvalue weighted by Crippen LogP contribution is -2.48. The smallest absolute Gasteiger partial charge is 0.324 e. The number of benzene rings is 1. The van der Waals surface area contributed by atoms with Gasteiger partial charge in [0.05, 0.1) is 10.5 Å². The van der Waals surface area contributed by atoms with E-state index in [9.17, 15) is 20.0 Å². The first-order valence-electron chi connectivity index (χ1n) is 6.72. The minimum Gasteiger partial charge on any atom is -0.490 e. The molecule has 7 nitrogen and oxygen atoms in total. The number of nitro benzene ring substituents is 1. The lowest BCUT2D eigenvalue weighted by Gasteiger charge is -2.23. The number of hydrogen-bond donors (Lipinski definition) is 2. The number of nitrogens with zero attached hydrogens (tertiary/aromatic N) is 1. The molecule has 2 rings (SSSR count). The largest absolute Gasteiger partial charge is 0.490 e. The SMILES string of the molecule is CNC1(C(=O)O)CCC(Oc2cccc([N+](=O)[O-])c2C)C1. The summed E-state index contributed by atoms with van der Waals surface area (Å²) in [5, 5.41) is 23.1. The van der Waals surface area contributed by atoms with E-state index in [4.69, 9.17) is 4.74 Å². The number of carbonyl (C=O) groups is 1. The van der Waals surface area contributed by atoms with Gasteiger partial charge in [0.15, 0.2) is 0 Å². The second kappa shape index (κ2) is 5.69. The van der Waals surface area contributed by atoms with Gasteiger partial charge in [-0.2, -0.15) is 0 Å². The first kappa shape index (κ1) is 15.2. The maximum atomic E-state index is 11.4. The van der Waals surface area contributed by atoms with E-state index in [1.165, 1.54) is 6.07 Å². The number of nitro groups is 1. The predicted octanol–water partition coefficient (Wildman–Crippen LogP) is 1.88. The van der Waals surface area contributed by atoms with Crippen LogP contribution in [0.15, 0.2) is 18.2 Å². The zero-order chi connectivity index (χ0) is 15.6. The summed E-state index contributed by atoms with van der Waals surface area (Å²) in [6, 6.07) is 4.66. The Morgan fingerprint density at radius 2 is 2.29 bits per heavy atom. The van der Waals surface area contributed by atoms with Gasteiger partial charge in [0.1, 0.15) is 17.4 Å². The van der Waals surface area contributed by atoms with E-state index in [0.717, 1.165) is 0 Å². The van der Waals surface area contributed by atoms with Gasteiger partial charge in [0.2, 0.25) is 0 Å². The van der Waals surface area contributed by atoms with Gasteiger partial charge in [-0.05, 0) is 32.9 Å². The van der Waals surface area contributed by atoms with Crippen LogP contribution in [-0.2, 0) is 4.79 Å². The minimum absolute atomic E-state index is 0.00334. The molecule has 2 atom stereocenters. The van der Waals surface area contributed by atoms with Gasteiger partial charge in [-0.1, -0.05) is 6.07 Å². The van der Waals surface area contributed by atoms with E-state index < -0.39 is 16.4 Å². The van der Waals surface area contributed by atoms with Crippen LogP contribution in [0.1, 0.15) is 24.8 Å². The third-order valence-electron chi connectivity index (χ3n) is 4.10. The molecule has 2 N–H and O–H groups in total. The summed E-state index contributed by atoms with van der Waals surface area (Å²) in [5.41, 5.74) is -0.511. The van der Waals surface area contributed by atoms with Gasteiger partial charge < -0.3 is 15.2 Å². The third-order valence-corrected chi connectivity index (χ3v) is 4.10. The van der Waals surface area contributed by atoms with Crippen LogP contribution in [0, 0.1) is 17.0 Å². The Hall–Kier alpha value is -2.15. The standard InChI is InChI=1S/C14H18N2O5/c1-9-11(16(19)20)4-3-5-12(9)21-10-6-7-14(8-10,15-2)13(17)18/h3-5,10,15H,6-8H2,1-2H3,(H,17,18). The molecule has 0 saturated heterocycles. The molecule has 0 radical (unpaired) electrons. The zero-order valence-corrected chi connectivity index (χ0v) is 12.0. The summed E-state index contributed by atoms with van der Waals surface area (Å²) in [4.78, 5) is 21.8. The second-order valence-electron chi connectivity index (χ2n) is 5.28. The van der Waals surface area contributed by atoms with Crippen molar-refractivity contribution in [3.05, 3.63) is 33.9 Å². The minimum atomic E-state index is -0.973. The Balaban J connectivity index is 2.16. The summed E-state index contributed by atoms with van der Waals surface area (Å²) in [6.07, 6.45) is 1.13. The fourth-order valence-electron chi connectivity index (χ4n) is 2.74. The number of likely N-dealkylation sites (N-methyl/N-ethyl adjacent to an activating group) is 1. The maximum Gasteiger partial charge on any atom is 0.324 e. The molecule has 1 aromatic carbocycles. The maximum absolute atomic E-state index is 11.4. The molecule has 0 aliphatic heterocycles. The summed E-state index contributed by atoms with van der Waals surface area (Å²) >= 11 is 0. The summed E-state index contributed by atoms with van der Waals surface area (Å²) < 4.78 is 5.80. The molecular weight excluding hydrogens is 276 g/mol. The predicted molar refractivity (Wildman–Crippen MR) is 75.5 cm³/mol. The molecule has 21 heavy (non-hydrogen) atoms. The molecule has 114 valence electrons. The van der Waals surface area contributed by atoms with Gasteiger partial charge in [-0.15, -0.1) is 0 Å². The van der Waals surface area contributed by atoms with Crippen molar-refractivity contribution < 1.29 is 19.6 Å².